The average molecular weight is 321 g/mol. The highest BCUT2D eigenvalue weighted by Crippen LogP contribution is 1.99. The Kier molecular flexibility index (Phi) is 5.41. The maximum atomic E-state index is 12.0. The third-order valence-corrected chi connectivity index (χ3v) is 3.91. The zero-order chi connectivity index (χ0) is 16.2. The quantitative estimate of drug-likeness (QED) is 0.528. The van der Waals surface area contributed by atoms with Crippen molar-refractivity contribution >= 4 is 16.0 Å². The van der Waals surface area contributed by atoms with Crippen LogP contribution in [-0.2, 0) is 33.7 Å². The lowest BCUT2D eigenvalue weighted by atomic mass is 10.6. The van der Waals surface area contributed by atoms with Crippen LogP contribution in [-0.4, -0.2) is 48.4 Å². The van der Waals surface area contributed by atoms with Crippen molar-refractivity contribution in [1.29, 1.82) is 0 Å². The number of aromatic nitrogens is 2. The molecule has 2 N–H and O–H groups in total. The van der Waals surface area contributed by atoms with Gasteiger partial charge in [-0.3, -0.25) is 9.36 Å². The lowest BCUT2D eigenvalue weighted by molar-refractivity contribution is -0.142. The molecule has 0 saturated heterocycles. The second-order valence-electron chi connectivity index (χ2n) is 4.10. The number of sulfonamides is 1. The summed E-state index contributed by atoms with van der Waals surface area (Å²) in [5, 5.41) is 8.33. The van der Waals surface area contributed by atoms with Crippen molar-refractivity contribution in [3.63, 3.8) is 0 Å². The van der Waals surface area contributed by atoms with Gasteiger partial charge < -0.3 is 14.4 Å². The first-order valence-electron chi connectivity index (χ1n) is 5.72. The Morgan fingerprint density at radius 3 is 2.57 bits per heavy atom. The van der Waals surface area contributed by atoms with Gasteiger partial charge in [0.25, 0.3) is 5.56 Å². The van der Waals surface area contributed by atoms with Crippen molar-refractivity contribution in [2.45, 2.75) is 4.90 Å². The normalized spacial score (nSPS) is 11.5. The summed E-state index contributed by atoms with van der Waals surface area (Å²) < 4.78 is 32.3. The predicted molar refractivity (Wildman–Crippen MR) is 70.6 cm³/mol. The summed E-state index contributed by atoms with van der Waals surface area (Å²) in [6.45, 7) is -0.928. The highest BCUT2D eigenvalue weighted by molar-refractivity contribution is 7.89. The summed E-state index contributed by atoms with van der Waals surface area (Å²) in [6.07, 6.45) is 0.922. The van der Waals surface area contributed by atoms with Gasteiger partial charge in [-0.1, -0.05) is 0 Å². The molecule has 10 nitrogen and oxygen atoms in total. The van der Waals surface area contributed by atoms with E-state index in [1.54, 1.807) is 0 Å². The number of ether oxygens (including phenoxy) is 1. The number of hydrogen-bond acceptors (Lipinski definition) is 6. The van der Waals surface area contributed by atoms with Gasteiger partial charge in [0.2, 0.25) is 10.0 Å². The molecular formula is C10H15N3O7S. The molecule has 11 heteroatoms. The molecule has 0 saturated carbocycles. The van der Waals surface area contributed by atoms with E-state index in [-0.39, 0.29) is 13.2 Å². The van der Waals surface area contributed by atoms with Crippen LogP contribution < -0.4 is 16.0 Å². The molecule has 1 heterocycles. The number of hydrogen-bond donors (Lipinski definition) is 2. The maximum Gasteiger partial charge on any atom is 0.330 e. The highest BCUT2D eigenvalue weighted by atomic mass is 32.2. The van der Waals surface area contributed by atoms with E-state index in [1.165, 1.54) is 14.1 Å². The number of carboxylic acid groups (broad SMARTS) is 1. The third kappa shape index (κ3) is 4.24. The van der Waals surface area contributed by atoms with Crippen LogP contribution in [0.5, 0.6) is 0 Å². The SMILES string of the molecule is Cn1cc(S(=O)(=O)NCCOCC(=O)O)c(=O)n(C)c1=O. The number of carboxylic acids is 1. The van der Waals surface area contributed by atoms with E-state index in [9.17, 15) is 22.8 Å². The summed E-state index contributed by atoms with van der Waals surface area (Å²) in [7, 11) is -1.64. The molecule has 1 rings (SSSR count). The predicted octanol–water partition coefficient (Wildman–Crippen LogP) is -2.54. The van der Waals surface area contributed by atoms with Gasteiger partial charge in [-0.25, -0.2) is 22.7 Å². The van der Waals surface area contributed by atoms with Crippen LogP contribution in [0.1, 0.15) is 0 Å². The average Bonchev–Trinajstić information content (AvgIpc) is 2.39. The summed E-state index contributed by atoms with van der Waals surface area (Å²) in [4.78, 5) is 32.9. The summed E-state index contributed by atoms with van der Waals surface area (Å²) in [5.41, 5.74) is -1.60. The smallest absolute Gasteiger partial charge is 0.330 e. The van der Waals surface area contributed by atoms with Gasteiger partial charge >= 0.3 is 11.7 Å². The number of nitrogens with zero attached hydrogens (tertiary/aromatic N) is 2. The van der Waals surface area contributed by atoms with Gasteiger partial charge in [-0.15, -0.1) is 0 Å². The van der Waals surface area contributed by atoms with E-state index in [1.807, 2.05) is 0 Å². The fourth-order valence-electron chi connectivity index (χ4n) is 1.44. The van der Waals surface area contributed by atoms with Crippen molar-refractivity contribution in [2.75, 3.05) is 19.8 Å². The van der Waals surface area contributed by atoms with Crippen molar-refractivity contribution in [3.05, 3.63) is 27.0 Å². The summed E-state index contributed by atoms with van der Waals surface area (Å²) in [6, 6.07) is 0. The molecule has 0 aromatic carbocycles. The number of aliphatic carboxylic acids is 1. The Morgan fingerprint density at radius 2 is 2.00 bits per heavy atom. The molecule has 118 valence electrons. The molecule has 0 bridgehead atoms. The van der Waals surface area contributed by atoms with Gasteiger partial charge in [0.05, 0.1) is 6.61 Å². The first-order chi connectivity index (χ1) is 9.66. The van der Waals surface area contributed by atoms with Crippen LogP contribution in [0, 0.1) is 0 Å². The highest BCUT2D eigenvalue weighted by Gasteiger charge is 2.20. The van der Waals surface area contributed by atoms with Gasteiger partial charge in [0.1, 0.15) is 6.61 Å². The van der Waals surface area contributed by atoms with Crippen molar-refractivity contribution in [1.82, 2.24) is 13.9 Å². The Labute approximate surface area is 119 Å². The van der Waals surface area contributed by atoms with Gasteiger partial charge in [0, 0.05) is 26.8 Å². The van der Waals surface area contributed by atoms with Crippen LogP contribution in [0.4, 0.5) is 0 Å². The van der Waals surface area contributed by atoms with E-state index < -0.39 is 38.7 Å². The molecule has 0 aliphatic heterocycles. The fraction of sp³-hybridized carbons (Fsp3) is 0.500. The van der Waals surface area contributed by atoms with E-state index in [0.717, 1.165) is 10.8 Å². The minimum atomic E-state index is -4.12. The maximum absolute atomic E-state index is 12.0. The minimum Gasteiger partial charge on any atom is -0.480 e. The third-order valence-electron chi connectivity index (χ3n) is 2.47. The Hall–Kier alpha value is -1.98. The topological polar surface area (TPSA) is 137 Å². The standard InChI is InChI=1S/C10H15N3O7S/c1-12-5-7(9(16)13(2)10(12)17)21(18,19)11-3-4-20-6-8(14)15/h5,11H,3-4,6H2,1-2H3,(H,14,15). The first-order valence-corrected chi connectivity index (χ1v) is 7.21. The van der Waals surface area contributed by atoms with Gasteiger partial charge in [-0.2, -0.15) is 0 Å². The Balaban J connectivity index is 2.87. The molecular weight excluding hydrogens is 306 g/mol. The molecule has 1 aromatic heterocycles. The van der Waals surface area contributed by atoms with E-state index in [4.69, 9.17) is 5.11 Å². The van der Waals surface area contributed by atoms with Crippen molar-refractivity contribution in [3.8, 4) is 0 Å². The largest absolute Gasteiger partial charge is 0.480 e. The van der Waals surface area contributed by atoms with Crippen molar-refractivity contribution in [2.24, 2.45) is 14.1 Å². The molecule has 0 spiro atoms. The van der Waals surface area contributed by atoms with Crippen molar-refractivity contribution < 1.29 is 23.1 Å². The fourth-order valence-corrected chi connectivity index (χ4v) is 2.62. The number of rotatable bonds is 7. The molecule has 0 aliphatic carbocycles. The number of carbonyl (C=O) groups is 1. The Bertz CT molecular complexity index is 747. The molecule has 0 atom stereocenters. The zero-order valence-electron chi connectivity index (χ0n) is 11.4. The van der Waals surface area contributed by atoms with E-state index in [2.05, 4.69) is 9.46 Å². The number of aryl methyl sites for hydroxylation is 1. The lowest BCUT2D eigenvalue weighted by Gasteiger charge is -2.09. The molecule has 0 radical (unpaired) electrons. The second kappa shape index (κ2) is 6.65. The van der Waals surface area contributed by atoms with Crippen LogP contribution in [0.15, 0.2) is 20.7 Å². The lowest BCUT2D eigenvalue weighted by Crippen LogP contribution is -2.41. The van der Waals surface area contributed by atoms with Crippen LogP contribution in [0.25, 0.3) is 0 Å². The van der Waals surface area contributed by atoms with Crippen LogP contribution in [0.2, 0.25) is 0 Å². The second-order valence-corrected chi connectivity index (χ2v) is 5.83. The first kappa shape index (κ1) is 17.1. The molecule has 0 fully saturated rings. The zero-order valence-corrected chi connectivity index (χ0v) is 12.2. The molecule has 21 heavy (non-hydrogen) atoms. The van der Waals surface area contributed by atoms with Crippen LogP contribution >= 0.6 is 0 Å². The van der Waals surface area contributed by atoms with E-state index in [0.29, 0.717) is 4.57 Å². The van der Waals surface area contributed by atoms with Gasteiger partial charge in [0.15, 0.2) is 4.90 Å². The minimum absolute atomic E-state index is 0.169. The Morgan fingerprint density at radius 1 is 1.38 bits per heavy atom. The molecule has 1 aromatic rings. The monoisotopic (exact) mass is 321 g/mol. The summed E-state index contributed by atoms with van der Waals surface area (Å²) in [5.74, 6) is -1.18. The molecule has 0 amide bonds. The van der Waals surface area contributed by atoms with Crippen LogP contribution in [0.3, 0.4) is 0 Å². The molecule has 0 aliphatic rings. The van der Waals surface area contributed by atoms with Gasteiger partial charge in [-0.05, 0) is 0 Å². The van der Waals surface area contributed by atoms with E-state index >= 15 is 0 Å². The molecule has 0 unspecified atom stereocenters. The number of nitrogens with one attached hydrogen (secondary N) is 1. The summed E-state index contributed by atoms with van der Waals surface area (Å²) >= 11 is 0.